The van der Waals surface area contributed by atoms with Crippen molar-refractivity contribution in [3.05, 3.63) is 29.8 Å². The highest BCUT2D eigenvalue weighted by molar-refractivity contribution is 5.92. The summed E-state index contributed by atoms with van der Waals surface area (Å²) in [5, 5.41) is 13.1. The quantitative estimate of drug-likeness (QED) is 0.741. The number of rotatable bonds is 6. The van der Waals surface area contributed by atoms with Crippen LogP contribution in [0.25, 0.3) is 0 Å². The molecule has 8 heteroatoms. The molecule has 0 radical (unpaired) electrons. The molecule has 0 aromatic heterocycles. The zero-order valence-corrected chi connectivity index (χ0v) is 10.7. The van der Waals surface area contributed by atoms with E-state index in [4.69, 9.17) is 9.84 Å². The van der Waals surface area contributed by atoms with E-state index in [0.717, 1.165) is 18.2 Å². The number of anilines is 1. The minimum atomic E-state index is -1.25. The summed E-state index contributed by atoms with van der Waals surface area (Å²) < 4.78 is 30.9. The number of hydrogen-bond acceptors (Lipinski definition) is 3. The van der Waals surface area contributed by atoms with E-state index in [2.05, 4.69) is 5.32 Å². The molecule has 3 N–H and O–H groups in total. The molecule has 2 amide bonds. The topological polar surface area (TPSA) is 87.7 Å². The lowest BCUT2D eigenvalue weighted by atomic mass is 10.2. The molecular formula is C12H14F2N2O4. The number of urea groups is 1. The summed E-state index contributed by atoms with van der Waals surface area (Å²) in [6.45, 7) is 0.131. The molecule has 0 heterocycles. The first kappa shape index (κ1) is 15.8. The first-order valence-corrected chi connectivity index (χ1v) is 5.68. The molecule has 1 aromatic rings. The van der Waals surface area contributed by atoms with E-state index < -0.39 is 29.7 Å². The fourth-order valence-corrected chi connectivity index (χ4v) is 1.40. The average Bonchev–Trinajstić information content (AvgIpc) is 2.38. The van der Waals surface area contributed by atoms with Crippen molar-refractivity contribution >= 4 is 17.7 Å². The van der Waals surface area contributed by atoms with Crippen LogP contribution >= 0.6 is 0 Å². The van der Waals surface area contributed by atoms with Gasteiger partial charge in [-0.15, -0.1) is 0 Å². The molecule has 0 spiro atoms. The van der Waals surface area contributed by atoms with E-state index in [1.165, 1.54) is 7.11 Å². The Labute approximate surface area is 113 Å². The van der Waals surface area contributed by atoms with Crippen LogP contribution in [0.5, 0.6) is 0 Å². The molecule has 1 unspecified atom stereocenters. The fraction of sp³-hybridized carbons (Fsp3) is 0.333. The molecule has 110 valence electrons. The highest BCUT2D eigenvalue weighted by Gasteiger charge is 2.20. The molecule has 20 heavy (non-hydrogen) atoms. The predicted octanol–water partition coefficient (Wildman–Crippen LogP) is 1.58. The van der Waals surface area contributed by atoms with Gasteiger partial charge in [0.1, 0.15) is 17.7 Å². The number of hydrogen-bond donors (Lipinski definition) is 3. The number of aliphatic carboxylic acids is 1. The lowest BCUT2D eigenvalue weighted by Gasteiger charge is -2.15. The highest BCUT2D eigenvalue weighted by atomic mass is 19.1. The van der Waals surface area contributed by atoms with Crippen molar-refractivity contribution in [1.29, 1.82) is 0 Å². The second-order valence-corrected chi connectivity index (χ2v) is 3.89. The number of methoxy groups -OCH3 is 1. The number of benzene rings is 1. The minimum absolute atomic E-state index is 0.0465. The van der Waals surface area contributed by atoms with Crippen molar-refractivity contribution in [1.82, 2.24) is 5.32 Å². The molecule has 0 bridgehead atoms. The van der Waals surface area contributed by atoms with Crippen molar-refractivity contribution in [2.75, 3.05) is 19.0 Å². The molecule has 0 aliphatic heterocycles. The summed E-state index contributed by atoms with van der Waals surface area (Å²) in [4.78, 5) is 22.4. The highest BCUT2D eigenvalue weighted by Crippen LogP contribution is 2.15. The molecule has 0 fully saturated rings. The number of ether oxygens (including phenoxy) is 1. The van der Waals surface area contributed by atoms with Crippen LogP contribution in [-0.2, 0) is 9.53 Å². The normalized spacial score (nSPS) is 11.8. The number of carbonyl (C=O) groups is 2. The molecule has 6 nitrogen and oxygen atoms in total. The number of carbonyl (C=O) groups excluding carboxylic acids is 1. The molecule has 1 aromatic carbocycles. The Kier molecular flexibility index (Phi) is 5.85. The van der Waals surface area contributed by atoms with Crippen LogP contribution in [0.2, 0.25) is 0 Å². The smallest absolute Gasteiger partial charge is 0.326 e. The number of amides is 2. The van der Waals surface area contributed by atoms with Crippen molar-refractivity contribution in [3.8, 4) is 0 Å². The van der Waals surface area contributed by atoms with E-state index in [1.807, 2.05) is 5.32 Å². The zero-order valence-electron chi connectivity index (χ0n) is 10.7. The summed E-state index contributed by atoms with van der Waals surface area (Å²) in [5.41, 5.74) is -0.376. The SMILES string of the molecule is COCCC(NC(=O)Nc1cc(F)ccc1F)C(=O)O. The minimum Gasteiger partial charge on any atom is -0.480 e. The fourth-order valence-electron chi connectivity index (χ4n) is 1.40. The van der Waals surface area contributed by atoms with Crippen LogP contribution in [0.1, 0.15) is 6.42 Å². The van der Waals surface area contributed by atoms with E-state index >= 15 is 0 Å². The molecule has 0 saturated heterocycles. The van der Waals surface area contributed by atoms with Gasteiger partial charge in [-0.1, -0.05) is 0 Å². The molecule has 0 saturated carbocycles. The van der Waals surface area contributed by atoms with Gasteiger partial charge in [-0.3, -0.25) is 0 Å². The summed E-state index contributed by atoms with van der Waals surface area (Å²) in [6.07, 6.45) is 0.0465. The van der Waals surface area contributed by atoms with Crippen LogP contribution in [0.15, 0.2) is 18.2 Å². The van der Waals surface area contributed by atoms with E-state index in [0.29, 0.717) is 0 Å². The third kappa shape index (κ3) is 4.81. The Morgan fingerprint density at radius 2 is 2.10 bits per heavy atom. The van der Waals surface area contributed by atoms with Gasteiger partial charge in [0.15, 0.2) is 0 Å². The monoisotopic (exact) mass is 288 g/mol. The van der Waals surface area contributed by atoms with Crippen LogP contribution in [0.3, 0.4) is 0 Å². The van der Waals surface area contributed by atoms with Gasteiger partial charge in [-0.25, -0.2) is 18.4 Å². The summed E-state index contributed by atoms with van der Waals surface area (Å²) in [7, 11) is 1.39. The Hall–Kier alpha value is -2.22. The van der Waals surface area contributed by atoms with Gasteiger partial charge in [0.05, 0.1) is 5.69 Å². The first-order valence-electron chi connectivity index (χ1n) is 5.68. The third-order valence-electron chi connectivity index (χ3n) is 2.39. The molecular weight excluding hydrogens is 274 g/mol. The second-order valence-electron chi connectivity index (χ2n) is 3.89. The molecule has 1 rings (SSSR count). The van der Waals surface area contributed by atoms with Gasteiger partial charge < -0.3 is 20.5 Å². The lowest BCUT2D eigenvalue weighted by molar-refractivity contribution is -0.139. The van der Waals surface area contributed by atoms with Crippen molar-refractivity contribution in [3.63, 3.8) is 0 Å². The summed E-state index contributed by atoms with van der Waals surface area (Å²) in [6, 6.07) is 0.408. The van der Waals surface area contributed by atoms with Crippen molar-refractivity contribution < 1.29 is 28.2 Å². The van der Waals surface area contributed by atoms with E-state index in [-0.39, 0.29) is 18.7 Å². The van der Waals surface area contributed by atoms with Gasteiger partial charge in [0.2, 0.25) is 0 Å². The Morgan fingerprint density at radius 1 is 1.40 bits per heavy atom. The van der Waals surface area contributed by atoms with Gasteiger partial charge in [0, 0.05) is 26.2 Å². The largest absolute Gasteiger partial charge is 0.480 e. The maximum Gasteiger partial charge on any atom is 0.326 e. The van der Waals surface area contributed by atoms with Crippen LogP contribution in [0.4, 0.5) is 19.3 Å². The van der Waals surface area contributed by atoms with E-state index in [1.54, 1.807) is 0 Å². The third-order valence-corrected chi connectivity index (χ3v) is 2.39. The number of carboxylic acid groups (broad SMARTS) is 1. The summed E-state index contributed by atoms with van der Waals surface area (Å²) in [5.74, 6) is -2.81. The van der Waals surface area contributed by atoms with Crippen molar-refractivity contribution in [2.24, 2.45) is 0 Å². The summed E-state index contributed by atoms with van der Waals surface area (Å²) >= 11 is 0. The maximum atomic E-state index is 13.3. The van der Waals surface area contributed by atoms with Gasteiger partial charge in [-0.05, 0) is 12.1 Å². The Balaban J connectivity index is 2.65. The van der Waals surface area contributed by atoms with Crippen molar-refractivity contribution in [2.45, 2.75) is 12.5 Å². The predicted molar refractivity (Wildman–Crippen MR) is 66.4 cm³/mol. The number of nitrogens with one attached hydrogen (secondary N) is 2. The Bertz CT molecular complexity index is 496. The van der Waals surface area contributed by atoms with Crippen LogP contribution in [0, 0.1) is 11.6 Å². The van der Waals surface area contributed by atoms with Gasteiger partial charge >= 0.3 is 12.0 Å². The zero-order chi connectivity index (χ0) is 15.1. The Morgan fingerprint density at radius 3 is 2.70 bits per heavy atom. The average molecular weight is 288 g/mol. The van der Waals surface area contributed by atoms with E-state index in [9.17, 15) is 18.4 Å². The number of carboxylic acids is 1. The molecule has 1 atom stereocenters. The first-order chi connectivity index (χ1) is 9.43. The number of halogens is 2. The molecule has 0 aliphatic rings. The standard InChI is InChI=1S/C12H14F2N2O4/c1-20-5-4-9(11(17)18)15-12(19)16-10-6-7(13)2-3-8(10)14/h2-3,6,9H,4-5H2,1H3,(H,17,18)(H2,15,16,19). The lowest BCUT2D eigenvalue weighted by Crippen LogP contribution is -2.43. The van der Waals surface area contributed by atoms with Crippen LogP contribution in [-0.4, -0.2) is 36.9 Å². The maximum absolute atomic E-state index is 13.3. The molecule has 0 aliphatic carbocycles. The van der Waals surface area contributed by atoms with Crippen LogP contribution < -0.4 is 10.6 Å². The van der Waals surface area contributed by atoms with Gasteiger partial charge in [-0.2, -0.15) is 0 Å². The second kappa shape index (κ2) is 7.39. The van der Waals surface area contributed by atoms with Gasteiger partial charge in [0.25, 0.3) is 0 Å².